The number of aromatic amines is 1. The van der Waals surface area contributed by atoms with E-state index in [4.69, 9.17) is 9.72 Å². The number of rotatable bonds is 2. The van der Waals surface area contributed by atoms with Gasteiger partial charge in [0.05, 0.1) is 17.9 Å². The van der Waals surface area contributed by atoms with Gasteiger partial charge < -0.3 is 9.64 Å². The van der Waals surface area contributed by atoms with Gasteiger partial charge in [-0.25, -0.2) is 4.98 Å². The summed E-state index contributed by atoms with van der Waals surface area (Å²) >= 11 is 0. The summed E-state index contributed by atoms with van der Waals surface area (Å²) in [6, 6.07) is 0.676. The molecular formula is C19H30N4O2. The summed E-state index contributed by atoms with van der Waals surface area (Å²) in [7, 11) is 0. The minimum absolute atomic E-state index is 0.0510. The van der Waals surface area contributed by atoms with Crippen molar-refractivity contribution in [3.63, 3.8) is 0 Å². The molecule has 25 heavy (non-hydrogen) atoms. The Bertz CT molecular complexity index is 658. The van der Waals surface area contributed by atoms with Crippen molar-refractivity contribution < 1.29 is 4.74 Å². The van der Waals surface area contributed by atoms with Gasteiger partial charge >= 0.3 is 0 Å². The molecule has 0 unspecified atom stereocenters. The van der Waals surface area contributed by atoms with Crippen molar-refractivity contribution >= 4 is 5.95 Å². The van der Waals surface area contributed by atoms with E-state index in [9.17, 15) is 4.79 Å². The summed E-state index contributed by atoms with van der Waals surface area (Å²) in [5.74, 6) is 0.719. The highest BCUT2D eigenvalue weighted by molar-refractivity contribution is 5.35. The molecule has 1 N–H and O–H groups in total. The number of anilines is 1. The maximum Gasteiger partial charge on any atom is 0.255 e. The summed E-state index contributed by atoms with van der Waals surface area (Å²) in [5.41, 5.74) is 1.93. The van der Waals surface area contributed by atoms with Crippen LogP contribution in [0.15, 0.2) is 4.79 Å². The Morgan fingerprint density at radius 3 is 2.56 bits per heavy atom. The van der Waals surface area contributed by atoms with E-state index >= 15 is 0 Å². The molecule has 6 heteroatoms. The fourth-order valence-corrected chi connectivity index (χ4v) is 4.71. The van der Waals surface area contributed by atoms with Gasteiger partial charge in [-0.05, 0) is 33.1 Å². The lowest BCUT2D eigenvalue weighted by Crippen LogP contribution is -2.47. The second-order valence-corrected chi connectivity index (χ2v) is 7.99. The molecule has 1 aromatic rings. The number of morpholine rings is 1. The van der Waals surface area contributed by atoms with Gasteiger partial charge in [0.15, 0.2) is 0 Å². The number of fused-ring (bicyclic) bond motifs is 1. The molecule has 0 spiro atoms. The van der Waals surface area contributed by atoms with Crippen LogP contribution >= 0.6 is 0 Å². The van der Waals surface area contributed by atoms with E-state index in [1.165, 1.54) is 32.1 Å². The number of ether oxygens (including phenoxy) is 1. The van der Waals surface area contributed by atoms with E-state index in [0.717, 1.165) is 49.8 Å². The largest absolute Gasteiger partial charge is 0.372 e. The summed E-state index contributed by atoms with van der Waals surface area (Å²) in [5, 5.41) is 0. The number of aromatic nitrogens is 2. The normalized spacial score (nSPS) is 28.8. The van der Waals surface area contributed by atoms with Crippen molar-refractivity contribution in [2.45, 2.75) is 77.2 Å². The van der Waals surface area contributed by atoms with Crippen molar-refractivity contribution in [3.8, 4) is 0 Å². The Hall–Kier alpha value is -1.40. The average molecular weight is 346 g/mol. The molecule has 3 heterocycles. The Balaban J connectivity index is 1.56. The van der Waals surface area contributed by atoms with Crippen molar-refractivity contribution in [1.82, 2.24) is 14.9 Å². The van der Waals surface area contributed by atoms with Crippen LogP contribution in [0.25, 0.3) is 0 Å². The molecule has 0 aromatic carbocycles. The van der Waals surface area contributed by atoms with Crippen LogP contribution in [0.3, 0.4) is 0 Å². The van der Waals surface area contributed by atoms with E-state index in [0.29, 0.717) is 6.04 Å². The second-order valence-electron chi connectivity index (χ2n) is 7.99. The Kier molecular flexibility index (Phi) is 4.82. The van der Waals surface area contributed by atoms with Gasteiger partial charge in [0, 0.05) is 37.8 Å². The average Bonchev–Trinajstić information content (AvgIpc) is 2.61. The molecule has 1 saturated heterocycles. The maximum absolute atomic E-state index is 12.6. The topological polar surface area (TPSA) is 61.5 Å². The molecule has 0 radical (unpaired) electrons. The first-order valence-corrected chi connectivity index (χ1v) is 9.86. The molecule has 6 nitrogen and oxygen atoms in total. The molecule has 4 rings (SSSR count). The van der Waals surface area contributed by atoms with Crippen LogP contribution in [0.1, 0.15) is 57.2 Å². The first kappa shape index (κ1) is 17.0. The minimum atomic E-state index is 0.0510. The van der Waals surface area contributed by atoms with Crippen molar-refractivity contribution in [3.05, 3.63) is 21.6 Å². The van der Waals surface area contributed by atoms with Gasteiger partial charge in [0.25, 0.3) is 5.56 Å². The quantitative estimate of drug-likeness (QED) is 0.888. The van der Waals surface area contributed by atoms with E-state index in [1.54, 1.807) is 0 Å². The van der Waals surface area contributed by atoms with Crippen LogP contribution in [0, 0.1) is 0 Å². The van der Waals surface area contributed by atoms with Crippen LogP contribution < -0.4 is 10.5 Å². The fraction of sp³-hybridized carbons (Fsp3) is 0.789. The fourth-order valence-electron chi connectivity index (χ4n) is 4.71. The highest BCUT2D eigenvalue weighted by Gasteiger charge is 2.29. The summed E-state index contributed by atoms with van der Waals surface area (Å²) in [4.78, 5) is 25.2. The predicted molar refractivity (Wildman–Crippen MR) is 98.1 cm³/mol. The molecule has 138 valence electrons. The van der Waals surface area contributed by atoms with E-state index < -0.39 is 0 Å². The van der Waals surface area contributed by atoms with Crippen molar-refractivity contribution in [2.75, 3.05) is 24.5 Å². The third-order valence-corrected chi connectivity index (χ3v) is 5.90. The summed E-state index contributed by atoms with van der Waals surface area (Å²) in [6.45, 7) is 7.52. The van der Waals surface area contributed by atoms with E-state index in [-0.39, 0.29) is 17.8 Å². The SMILES string of the molecule is C[C@@H]1CN(c2nc3c(c(=O)[nH]2)CCN(C2CCCCC2)C3)C[C@@H](C)O1. The Morgan fingerprint density at radius 1 is 1.12 bits per heavy atom. The molecule has 0 amide bonds. The van der Waals surface area contributed by atoms with Crippen LogP contribution in [0.5, 0.6) is 0 Å². The third-order valence-electron chi connectivity index (χ3n) is 5.90. The third kappa shape index (κ3) is 3.60. The molecule has 2 fully saturated rings. The molecule has 3 aliphatic rings. The van der Waals surface area contributed by atoms with Crippen molar-refractivity contribution in [1.29, 1.82) is 0 Å². The molecule has 0 bridgehead atoms. The van der Waals surface area contributed by atoms with E-state index in [1.807, 2.05) is 0 Å². The lowest BCUT2D eigenvalue weighted by Gasteiger charge is -2.38. The first-order chi connectivity index (χ1) is 12.1. The highest BCUT2D eigenvalue weighted by Crippen LogP contribution is 2.27. The zero-order chi connectivity index (χ0) is 17.4. The lowest BCUT2D eigenvalue weighted by molar-refractivity contribution is -0.00577. The number of hydrogen-bond donors (Lipinski definition) is 1. The molecular weight excluding hydrogens is 316 g/mol. The maximum atomic E-state index is 12.6. The zero-order valence-electron chi connectivity index (χ0n) is 15.5. The first-order valence-electron chi connectivity index (χ1n) is 9.86. The van der Waals surface area contributed by atoms with Crippen molar-refractivity contribution in [2.24, 2.45) is 0 Å². The number of nitrogens with zero attached hydrogens (tertiary/aromatic N) is 3. The molecule has 1 aromatic heterocycles. The van der Waals surface area contributed by atoms with Crippen LogP contribution in [0.2, 0.25) is 0 Å². The number of hydrogen-bond acceptors (Lipinski definition) is 5. The molecule has 1 aliphatic carbocycles. The Labute approximate surface area is 149 Å². The molecule has 2 aliphatic heterocycles. The van der Waals surface area contributed by atoms with E-state index in [2.05, 4.69) is 28.6 Å². The van der Waals surface area contributed by atoms with Crippen LogP contribution in [-0.4, -0.2) is 52.8 Å². The van der Waals surface area contributed by atoms with Crippen LogP contribution in [-0.2, 0) is 17.7 Å². The van der Waals surface area contributed by atoms with Gasteiger partial charge in [-0.1, -0.05) is 19.3 Å². The highest BCUT2D eigenvalue weighted by atomic mass is 16.5. The van der Waals surface area contributed by atoms with Crippen LogP contribution in [0.4, 0.5) is 5.95 Å². The predicted octanol–water partition coefficient (Wildman–Crippen LogP) is 2.07. The Morgan fingerprint density at radius 2 is 1.84 bits per heavy atom. The van der Waals surface area contributed by atoms with Gasteiger partial charge in [-0.3, -0.25) is 14.7 Å². The lowest BCUT2D eigenvalue weighted by atomic mass is 9.92. The molecule has 2 atom stereocenters. The second kappa shape index (κ2) is 7.08. The monoisotopic (exact) mass is 346 g/mol. The number of nitrogens with one attached hydrogen (secondary N) is 1. The van der Waals surface area contributed by atoms with Gasteiger partial charge in [-0.2, -0.15) is 0 Å². The minimum Gasteiger partial charge on any atom is -0.372 e. The summed E-state index contributed by atoms with van der Waals surface area (Å²) in [6.07, 6.45) is 7.78. The van der Waals surface area contributed by atoms with Gasteiger partial charge in [-0.15, -0.1) is 0 Å². The molecule has 1 saturated carbocycles. The smallest absolute Gasteiger partial charge is 0.255 e. The zero-order valence-corrected chi connectivity index (χ0v) is 15.5. The van der Waals surface area contributed by atoms with Gasteiger partial charge in [0.2, 0.25) is 5.95 Å². The summed E-state index contributed by atoms with van der Waals surface area (Å²) < 4.78 is 5.81. The van der Waals surface area contributed by atoms with Gasteiger partial charge in [0.1, 0.15) is 0 Å². The number of H-pyrrole nitrogens is 1. The standard InChI is InChI=1S/C19H30N4O2/c1-13-10-23(11-14(2)25-13)19-20-17-12-22(15-6-4-3-5-7-15)9-8-16(17)18(24)21-19/h13-15H,3-12H2,1-2H3,(H,20,21,24)/t13-,14-/m1/s1.